The van der Waals surface area contributed by atoms with Crippen molar-refractivity contribution < 1.29 is 13.9 Å². The van der Waals surface area contributed by atoms with Crippen molar-refractivity contribution in [1.29, 1.82) is 0 Å². The van der Waals surface area contributed by atoms with Gasteiger partial charge in [-0.05, 0) is 48.0 Å². The fraction of sp³-hybridized carbons (Fsp3) is 0. The van der Waals surface area contributed by atoms with Crippen molar-refractivity contribution in [3.05, 3.63) is 78.6 Å². The summed E-state index contributed by atoms with van der Waals surface area (Å²) in [5.41, 5.74) is 7.69. The quantitative estimate of drug-likeness (QED) is 0.612. The third kappa shape index (κ3) is 2.86. The van der Waals surface area contributed by atoms with Gasteiger partial charge in [-0.2, -0.15) is 5.10 Å². The van der Waals surface area contributed by atoms with Gasteiger partial charge in [0.25, 0.3) is 0 Å². The van der Waals surface area contributed by atoms with Crippen molar-refractivity contribution in [2.45, 2.75) is 0 Å². The number of pyridine rings is 2. The molecule has 0 radical (unpaired) electrons. The number of halogens is 1. The summed E-state index contributed by atoms with van der Waals surface area (Å²) in [5, 5.41) is 4.23. The van der Waals surface area contributed by atoms with E-state index >= 15 is 0 Å². The molecule has 7 heteroatoms. The van der Waals surface area contributed by atoms with Gasteiger partial charge in [0.1, 0.15) is 5.52 Å². The van der Waals surface area contributed by atoms with Crippen LogP contribution < -0.4 is 10.5 Å². The molecule has 0 saturated carbocycles. The van der Waals surface area contributed by atoms with E-state index in [0.29, 0.717) is 11.3 Å². The minimum atomic E-state index is -0.701. The van der Waals surface area contributed by atoms with Gasteiger partial charge in [-0.3, -0.25) is 9.78 Å². The molecule has 6 nitrogen and oxygen atoms in total. The average molecular weight is 348 g/mol. The van der Waals surface area contributed by atoms with Gasteiger partial charge in [-0.25, -0.2) is 8.91 Å². The summed E-state index contributed by atoms with van der Waals surface area (Å²) < 4.78 is 21.7. The Kier molecular flexibility index (Phi) is 3.81. The van der Waals surface area contributed by atoms with E-state index in [-0.39, 0.29) is 11.3 Å². The molecule has 0 aliphatic rings. The van der Waals surface area contributed by atoms with Crippen molar-refractivity contribution in [1.82, 2.24) is 14.6 Å². The summed E-state index contributed by atoms with van der Waals surface area (Å²) in [7, 11) is 0. The van der Waals surface area contributed by atoms with Crippen LogP contribution in [0.5, 0.6) is 11.5 Å². The number of rotatable bonds is 4. The van der Waals surface area contributed by atoms with Crippen LogP contribution in [0.1, 0.15) is 10.4 Å². The largest absolute Gasteiger partial charge is 0.452 e. The monoisotopic (exact) mass is 348 g/mol. The summed E-state index contributed by atoms with van der Waals surface area (Å²) in [6.07, 6.45) is 6.85. The zero-order valence-corrected chi connectivity index (χ0v) is 13.5. The molecular formula is C19H13FN4O2. The van der Waals surface area contributed by atoms with Crippen LogP contribution in [0.2, 0.25) is 0 Å². The smallest absolute Gasteiger partial charge is 0.248 e. The van der Waals surface area contributed by atoms with Crippen molar-refractivity contribution >= 4 is 11.4 Å². The standard InChI is InChI=1S/C19H13FN4O2/c20-15-9-13(19(21)25)1-2-17(15)26-18-10-14(12-3-6-22-7-4-12)11-24-16(18)5-8-23-24/h1-11H,(H2,21,25). The van der Waals surface area contributed by atoms with Gasteiger partial charge in [-0.1, -0.05) is 0 Å². The number of amides is 1. The van der Waals surface area contributed by atoms with E-state index in [4.69, 9.17) is 10.5 Å². The maximum Gasteiger partial charge on any atom is 0.248 e. The van der Waals surface area contributed by atoms with Gasteiger partial charge < -0.3 is 10.5 Å². The van der Waals surface area contributed by atoms with Gasteiger partial charge in [0, 0.05) is 29.7 Å². The highest BCUT2D eigenvalue weighted by Crippen LogP contribution is 2.32. The summed E-state index contributed by atoms with van der Waals surface area (Å²) in [6, 6.07) is 11.1. The summed E-state index contributed by atoms with van der Waals surface area (Å²) in [5.74, 6) is -0.950. The lowest BCUT2D eigenvalue weighted by atomic mass is 10.1. The van der Waals surface area contributed by atoms with Crippen LogP contribution in [0.25, 0.3) is 16.6 Å². The summed E-state index contributed by atoms with van der Waals surface area (Å²) in [4.78, 5) is 15.2. The number of carbonyl (C=O) groups excluding carboxylic acids is 1. The van der Waals surface area contributed by atoms with Crippen LogP contribution in [0, 0.1) is 5.82 Å². The Balaban J connectivity index is 1.79. The number of ether oxygens (including phenoxy) is 1. The Labute approximate surface area is 147 Å². The molecule has 0 saturated heterocycles. The molecule has 0 atom stereocenters. The van der Waals surface area contributed by atoms with E-state index in [1.807, 2.05) is 18.3 Å². The number of primary amides is 1. The molecule has 4 aromatic rings. The number of hydrogen-bond acceptors (Lipinski definition) is 4. The maximum atomic E-state index is 14.3. The first-order valence-corrected chi connectivity index (χ1v) is 7.77. The third-order valence-electron chi connectivity index (χ3n) is 3.92. The van der Waals surface area contributed by atoms with Crippen LogP contribution >= 0.6 is 0 Å². The first-order chi connectivity index (χ1) is 12.6. The van der Waals surface area contributed by atoms with E-state index < -0.39 is 11.7 Å². The molecule has 3 heterocycles. The lowest BCUT2D eigenvalue weighted by molar-refractivity contribution is 0.1000. The Morgan fingerprint density at radius 1 is 1.00 bits per heavy atom. The number of nitrogens with zero attached hydrogens (tertiary/aromatic N) is 3. The molecule has 0 bridgehead atoms. The third-order valence-corrected chi connectivity index (χ3v) is 3.92. The Bertz CT molecular complexity index is 1110. The second-order valence-electron chi connectivity index (χ2n) is 5.60. The maximum absolute atomic E-state index is 14.3. The molecule has 0 aliphatic heterocycles. The molecule has 128 valence electrons. The highest BCUT2D eigenvalue weighted by molar-refractivity contribution is 5.92. The van der Waals surface area contributed by atoms with E-state index in [0.717, 1.165) is 17.2 Å². The van der Waals surface area contributed by atoms with E-state index in [1.165, 1.54) is 12.1 Å². The molecule has 0 unspecified atom stereocenters. The molecule has 1 amide bonds. The topological polar surface area (TPSA) is 82.5 Å². The zero-order chi connectivity index (χ0) is 18.1. The first kappa shape index (κ1) is 15.8. The summed E-state index contributed by atoms with van der Waals surface area (Å²) >= 11 is 0. The molecule has 0 aliphatic carbocycles. The summed E-state index contributed by atoms with van der Waals surface area (Å²) in [6.45, 7) is 0. The normalized spacial score (nSPS) is 10.8. The van der Waals surface area contributed by atoms with Gasteiger partial charge in [-0.15, -0.1) is 0 Å². The Morgan fingerprint density at radius 3 is 2.54 bits per heavy atom. The predicted molar refractivity (Wildman–Crippen MR) is 93.4 cm³/mol. The molecule has 3 aromatic heterocycles. The molecule has 0 fully saturated rings. The van der Waals surface area contributed by atoms with Crippen LogP contribution in [0.15, 0.2) is 67.3 Å². The SMILES string of the molecule is NC(=O)c1ccc(Oc2cc(-c3ccncc3)cn3nccc23)c(F)c1. The zero-order valence-electron chi connectivity index (χ0n) is 13.5. The van der Waals surface area contributed by atoms with Crippen molar-refractivity contribution in [2.24, 2.45) is 5.73 Å². The van der Waals surface area contributed by atoms with E-state index in [1.54, 1.807) is 35.2 Å². The van der Waals surface area contributed by atoms with Crippen LogP contribution in [0.3, 0.4) is 0 Å². The predicted octanol–water partition coefficient (Wildman–Crippen LogP) is 3.43. The fourth-order valence-corrected chi connectivity index (χ4v) is 2.64. The van der Waals surface area contributed by atoms with Crippen LogP contribution in [0.4, 0.5) is 4.39 Å². The number of fused-ring (bicyclic) bond motifs is 1. The van der Waals surface area contributed by atoms with Crippen molar-refractivity contribution in [3.8, 4) is 22.6 Å². The molecule has 4 rings (SSSR count). The highest BCUT2D eigenvalue weighted by Gasteiger charge is 2.13. The van der Waals surface area contributed by atoms with Crippen LogP contribution in [-0.2, 0) is 0 Å². The number of carbonyl (C=O) groups is 1. The second-order valence-corrected chi connectivity index (χ2v) is 5.60. The lowest BCUT2D eigenvalue weighted by Crippen LogP contribution is -2.11. The molecule has 26 heavy (non-hydrogen) atoms. The van der Waals surface area contributed by atoms with E-state index in [9.17, 15) is 9.18 Å². The molecule has 2 N–H and O–H groups in total. The van der Waals surface area contributed by atoms with E-state index in [2.05, 4.69) is 10.1 Å². The van der Waals surface area contributed by atoms with Crippen LogP contribution in [-0.4, -0.2) is 20.5 Å². The minimum absolute atomic E-state index is 0.00928. The number of benzene rings is 1. The molecule has 0 spiro atoms. The van der Waals surface area contributed by atoms with Gasteiger partial charge >= 0.3 is 0 Å². The Morgan fingerprint density at radius 2 is 1.81 bits per heavy atom. The Hall–Kier alpha value is -3.74. The number of nitrogens with two attached hydrogens (primary N) is 1. The second kappa shape index (κ2) is 6.29. The fourth-order valence-electron chi connectivity index (χ4n) is 2.64. The highest BCUT2D eigenvalue weighted by atomic mass is 19.1. The van der Waals surface area contributed by atoms with Gasteiger partial charge in [0.05, 0.1) is 6.20 Å². The molecule has 1 aromatic carbocycles. The first-order valence-electron chi connectivity index (χ1n) is 7.77. The van der Waals surface area contributed by atoms with Gasteiger partial charge in [0.2, 0.25) is 5.91 Å². The number of aromatic nitrogens is 3. The van der Waals surface area contributed by atoms with Crippen molar-refractivity contribution in [2.75, 3.05) is 0 Å². The van der Waals surface area contributed by atoms with Crippen molar-refractivity contribution in [3.63, 3.8) is 0 Å². The minimum Gasteiger partial charge on any atom is -0.452 e. The number of hydrogen-bond donors (Lipinski definition) is 1. The average Bonchev–Trinajstić information content (AvgIpc) is 3.13. The molecular weight excluding hydrogens is 335 g/mol. The van der Waals surface area contributed by atoms with Gasteiger partial charge in [0.15, 0.2) is 17.3 Å². The lowest BCUT2D eigenvalue weighted by Gasteiger charge is -2.11.